The minimum atomic E-state index is -4.49. The van der Waals surface area contributed by atoms with Crippen LogP contribution in [0.3, 0.4) is 0 Å². The van der Waals surface area contributed by atoms with Gasteiger partial charge in [0.05, 0.1) is 0 Å². The Hall–Kier alpha value is -1.76. The van der Waals surface area contributed by atoms with Gasteiger partial charge in [0.15, 0.2) is 5.69 Å². The summed E-state index contributed by atoms with van der Waals surface area (Å²) in [6.45, 7) is 6.40. The van der Waals surface area contributed by atoms with E-state index >= 15 is 0 Å². The molecule has 3 nitrogen and oxygen atoms in total. The number of nitrogens with one attached hydrogen (secondary N) is 1. The van der Waals surface area contributed by atoms with E-state index in [4.69, 9.17) is 0 Å². The molecule has 2 aromatic rings. The Morgan fingerprint density at radius 2 is 1.67 bits per heavy atom. The average molecular weight is 355 g/mol. The first-order valence-corrected chi connectivity index (χ1v) is 8.44. The summed E-state index contributed by atoms with van der Waals surface area (Å²) in [5.74, 6) is 0.512. The molecule has 0 atom stereocenters. The Labute approximate surface area is 144 Å². The summed E-state index contributed by atoms with van der Waals surface area (Å²) in [5.41, 5.74) is 1.38. The standard InChI is InChI=1S/C17H20F3N3S/c1-16(2,3)12-7-5-11(6-8-12)10-24-14-9-13(17(18,19)20)22-15(21-4)23-14/h5-9H,10H2,1-4H3,(H,21,22,23). The number of anilines is 1. The van der Waals surface area contributed by atoms with Crippen molar-refractivity contribution in [2.75, 3.05) is 12.4 Å². The molecule has 1 aromatic heterocycles. The summed E-state index contributed by atoms with van der Waals surface area (Å²) in [4.78, 5) is 7.53. The lowest BCUT2D eigenvalue weighted by molar-refractivity contribution is -0.141. The zero-order valence-corrected chi connectivity index (χ0v) is 14.8. The molecule has 7 heteroatoms. The first-order chi connectivity index (χ1) is 11.1. The molecule has 130 valence electrons. The van der Waals surface area contributed by atoms with Crippen molar-refractivity contribution in [3.63, 3.8) is 0 Å². The molecule has 0 aliphatic heterocycles. The number of halogens is 3. The highest BCUT2D eigenvalue weighted by Crippen LogP contribution is 2.32. The van der Waals surface area contributed by atoms with Gasteiger partial charge in [-0.2, -0.15) is 13.2 Å². The molecule has 1 heterocycles. The van der Waals surface area contributed by atoms with Crippen molar-refractivity contribution in [1.29, 1.82) is 0 Å². The van der Waals surface area contributed by atoms with Crippen LogP contribution >= 0.6 is 11.8 Å². The lowest BCUT2D eigenvalue weighted by atomic mass is 9.87. The van der Waals surface area contributed by atoms with Crippen LogP contribution in [-0.4, -0.2) is 17.0 Å². The van der Waals surface area contributed by atoms with Gasteiger partial charge in [-0.15, -0.1) is 11.8 Å². The second-order valence-electron chi connectivity index (χ2n) is 6.40. The number of hydrogen-bond donors (Lipinski definition) is 1. The van der Waals surface area contributed by atoms with Gasteiger partial charge in [0.2, 0.25) is 5.95 Å². The highest BCUT2D eigenvalue weighted by atomic mass is 32.2. The molecular weight excluding hydrogens is 335 g/mol. The maximum atomic E-state index is 12.9. The largest absolute Gasteiger partial charge is 0.433 e. The van der Waals surface area contributed by atoms with Crippen molar-refractivity contribution in [3.05, 3.63) is 47.2 Å². The van der Waals surface area contributed by atoms with E-state index in [9.17, 15) is 13.2 Å². The summed E-state index contributed by atoms with van der Waals surface area (Å²) in [6.07, 6.45) is -4.49. The van der Waals surface area contributed by atoms with Crippen molar-refractivity contribution in [2.45, 2.75) is 43.1 Å². The lowest BCUT2D eigenvalue weighted by Gasteiger charge is -2.19. The van der Waals surface area contributed by atoms with Gasteiger partial charge in [-0.3, -0.25) is 0 Å². The van der Waals surface area contributed by atoms with E-state index < -0.39 is 11.9 Å². The highest BCUT2D eigenvalue weighted by molar-refractivity contribution is 7.98. The van der Waals surface area contributed by atoms with E-state index in [1.807, 2.05) is 12.1 Å². The number of nitrogens with zero attached hydrogens (tertiary/aromatic N) is 2. The van der Waals surface area contributed by atoms with Crippen LogP contribution < -0.4 is 5.32 Å². The van der Waals surface area contributed by atoms with Gasteiger partial charge < -0.3 is 5.32 Å². The number of rotatable bonds is 4. The highest BCUT2D eigenvalue weighted by Gasteiger charge is 2.33. The predicted octanol–water partition coefficient (Wildman–Crippen LogP) is 5.13. The van der Waals surface area contributed by atoms with E-state index in [0.29, 0.717) is 10.8 Å². The summed E-state index contributed by atoms with van der Waals surface area (Å²) in [5, 5.41) is 2.86. The third-order valence-electron chi connectivity index (χ3n) is 3.42. The number of benzene rings is 1. The zero-order valence-electron chi connectivity index (χ0n) is 14.0. The molecule has 0 saturated carbocycles. The Morgan fingerprint density at radius 1 is 1.04 bits per heavy atom. The average Bonchev–Trinajstić information content (AvgIpc) is 2.51. The minimum absolute atomic E-state index is 0.0320. The van der Waals surface area contributed by atoms with Crippen molar-refractivity contribution in [3.8, 4) is 0 Å². The molecule has 0 saturated heterocycles. The molecule has 1 N–H and O–H groups in total. The summed E-state index contributed by atoms with van der Waals surface area (Å²) >= 11 is 1.26. The minimum Gasteiger partial charge on any atom is -0.357 e. The predicted molar refractivity (Wildman–Crippen MR) is 91.3 cm³/mol. The van der Waals surface area contributed by atoms with Gasteiger partial charge in [-0.1, -0.05) is 45.0 Å². The second-order valence-corrected chi connectivity index (χ2v) is 7.39. The van der Waals surface area contributed by atoms with E-state index in [0.717, 1.165) is 11.6 Å². The second kappa shape index (κ2) is 7.01. The third kappa shape index (κ3) is 4.87. The van der Waals surface area contributed by atoms with E-state index in [1.165, 1.54) is 24.4 Å². The smallest absolute Gasteiger partial charge is 0.357 e. The molecule has 0 radical (unpaired) electrons. The van der Waals surface area contributed by atoms with Crippen LogP contribution in [0.25, 0.3) is 0 Å². The van der Waals surface area contributed by atoms with Gasteiger partial charge in [0.25, 0.3) is 0 Å². The van der Waals surface area contributed by atoms with Crippen LogP contribution in [0.2, 0.25) is 0 Å². The SMILES string of the molecule is CNc1nc(SCc2ccc(C(C)(C)C)cc2)cc(C(F)(F)F)n1. The molecule has 0 aliphatic carbocycles. The van der Waals surface area contributed by atoms with Crippen LogP contribution in [0.4, 0.5) is 19.1 Å². The lowest BCUT2D eigenvalue weighted by Crippen LogP contribution is -2.11. The fourth-order valence-electron chi connectivity index (χ4n) is 2.01. The van der Waals surface area contributed by atoms with Crippen molar-refractivity contribution < 1.29 is 13.2 Å². The molecule has 0 bridgehead atoms. The molecule has 24 heavy (non-hydrogen) atoms. The summed E-state index contributed by atoms with van der Waals surface area (Å²) in [6, 6.07) is 9.08. The van der Waals surface area contributed by atoms with Crippen LogP contribution in [0.15, 0.2) is 35.4 Å². The Kier molecular flexibility index (Phi) is 5.42. The Morgan fingerprint density at radius 3 is 2.17 bits per heavy atom. The van der Waals surface area contributed by atoms with Gasteiger partial charge in [-0.05, 0) is 16.5 Å². The van der Waals surface area contributed by atoms with Crippen molar-refractivity contribution in [1.82, 2.24) is 9.97 Å². The number of aromatic nitrogens is 2. The quantitative estimate of drug-likeness (QED) is 0.610. The fourth-order valence-corrected chi connectivity index (χ4v) is 2.87. The molecule has 0 spiro atoms. The monoisotopic (exact) mass is 355 g/mol. The van der Waals surface area contributed by atoms with E-state index in [1.54, 1.807) is 0 Å². The normalized spacial score (nSPS) is 12.3. The van der Waals surface area contributed by atoms with Crippen LogP contribution in [-0.2, 0) is 17.3 Å². The summed E-state index contributed by atoms with van der Waals surface area (Å²) in [7, 11) is 1.50. The maximum Gasteiger partial charge on any atom is 0.433 e. The summed E-state index contributed by atoms with van der Waals surface area (Å²) < 4.78 is 38.6. The van der Waals surface area contributed by atoms with Crippen LogP contribution in [0.5, 0.6) is 0 Å². The van der Waals surface area contributed by atoms with Gasteiger partial charge in [0.1, 0.15) is 5.03 Å². The molecule has 2 rings (SSSR count). The van der Waals surface area contributed by atoms with E-state index in [-0.39, 0.29) is 11.4 Å². The van der Waals surface area contributed by atoms with Crippen molar-refractivity contribution >= 4 is 17.7 Å². The molecule has 0 aliphatic rings. The third-order valence-corrected chi connectivity index (χ3v) is 4.41. The number of thioether (sulfide) groups is 1. The molecular formula is C17H20F3N3S. The molecule has 0 unspecified atom stereocenters. The molecule has 0 fully saturated rings. The van der Waals surface area contributed by atoms with Crippen molar-refractivity contribution in [2.24, 2.45) is 0 Å². The molecule has 1 aromatic carbocycles. The number of hydrogen-bond acceptors (Lipinski definition) is 4. The van der Waals surface area contributed by atoms with E-state index in [2.05, 4.69) is 48.2 Å². The fraction of sp³-hybridized carbons (Fsp3) is 0.412. The maximum absolute atomic E-state index is 12.9. The zero-order chi connectivity index (χ0) is 18.0. The Balaban J connectivity index is 2.14. The first kappa shape index (κ1) is 18.6. The molecule has 0 amide bonds. The van der Waals surface area contributed by atoms with Gasteiger partial charge in [-0.25, -0.2) is 9.97 Å². The topological polar surface area (TPSA) is 37.8 Å². The van der Waals surface area contributed by atoms with Crippen LogP contribution in [0.1, 0.15) is 37.6 Å². The van der Waals surface area contributed by atoms with Gasteiger partial charge in [0, 0.05) is 18.9 Å². The number of alkyl halides is 3. The Bertz CT molecular complexity index is 692. The first-order valence-electron chi connectivity index (χ1n) is 7.46. The van der Waals surface area contributed by atoms with Gasteiger partial charge >= 0.3 is 6.18 Å². The van der Waals surface area contributed by atoms with Crippen LogP contribution in [0, 0.1) is 0 Å².